The number of nitrogens with zero attached hydrogens (tertiary/aromatic N) is 1. The van der Waals surface area contributed by atoms with Crippen molar-refractivity contribution in [3.63, 3.8) is 0 Å². The van der Waals surface area contributed by atoms with E-state index in [0.717, 1.165) is 0 Å². The Bertz CT molecular complexity index is 2130. The van der Waals surface area contributed by atoms with Crippen LogP contribution in [0.2, 0.25) is 0 Å². The van der Waals surface area contributed by atoms with E-state index < -0.39 is 0 Å². The lowest BCUT2D eigenvalue weighted by Gasteiger charge is -2.21. The molecule has 0 atom stereocenters. The minimum atomic E-state index is -0.0168. The van der Waals surface area contributed by atoms with E-state index in [2.05, 4.69) is 134 Å². The van der Waals surface area contributed by atoms with Crippen molar-refractivity contribution in [3.8, 4) is 39.1 Å². The van der Waals surface area contributed by atoms with Crippen molar-refractivity contribution in [2.75, 3.05) is 0 Å². The van der Waals surface area contributed by atoms with Gasteiger partial charge in [-0.1, -0.05) is 111 Å². The Balaban J connectivity index is 1.44. The highest BCUT2D eigenvalue weighted by Crippen LogP contribution is 2.54. The number of fused-ring (bicyclic) bond motifs is 10. The van der Waals surface area contributed by atoms with E-state index in [0.29, 0.717) is 0 Å². The van der Waals surface area contributed by atoms with Crippen molar-refractivity contribution in [1.29, 1.82) is 0 Å². The molecule has 0 N–H and O–H groups in total. The molecule has 2 aliphatic rings. The second-order valence-corrected chi connectivity index (χ2v) is 11.3. The lowest BCUT2D eigenvalue weighted by Crippen LogP contribution is -2.14. The predicted molar refractivity (Wildman–Crippen MR) is 160 cm³/mol. The summed E-state index contributed by atoms with van der Waals surface area (Å²) in [6.07, 6.45) is 0. The number of rotatable bonds is 1. The summed E-state index contributed by atoms with van der Waals surface area (Å²) < 4.78 is 2.50. The van der Waals surface area contributed by atoms with Gasteiger partial charge in [-0.2, -0.15) is 0 Å². The zero-order chi connectivity index (χ0) is 25.2. The van der Waals surface area contributed by atoms with Gasteiger partial charge in [0.15, 0.2) is 0 Å². The molecule has 178 valence electrons. The van der Waals surface area contributed by atoms with Crippen LogP contribution in [0.15, 0.2) is 115 Å². The Morgan fingerprint density at radius 2 is 1.11 bits per heavy atom. The normalized spacial score (nSPS) is 14.3. The Labute approximate surface area is 221 Å². The fourth-order valence-electron chi connectivity index (χ4n) is 7.50. The zero-order valence-corrected chi connectivity index (χ0v) is 21.4. The van der Waals surface area contributed by atoms with Crippen LogP contribution in [0.1, 0.15) is 25.0 Å². The highest BCUT2D eigenvalue weighted by molar-refractivity contribution is 6.21. The minimum absolute atomic E-state index is 0.0168. The number of para-hydroxylation sites is 1. The SMILES string of the molecule is CC1(C)c2ccccc2-c2c1ccc1c2c2ccccc2n1-c1ccc2c3c(cccc13)-c1ccccc1-2. The maximum Gasteiger partial charge on any atom is 0.0547 e. The van der Waals surface area contributed by atoms with Crippen LogP contribution in [-0.2, 0) is 5.41 Å². The lowest BCUT2D eigenvalue weighted by molar-refractivity contribution is 0.661. The van der Waals surface area contributed by atoms with Gasteiger partial charge in [0, 0.05) is 21.6 Å². The van der Waals surface area contributed by atoms with Gasteiger partial charge in [-0.05, 0) is 68.1 Å². The molecule has 0 spiro atoms. The van der Waals surface area contributed by atoms with E-state index >= 15 is 0 Å². The molecule has 1 heteroatoms. The number of aromatic nitrogens is 1. The summed E-state index contributed by atoms with van der Waals surface area (Å²) in [5.74, 6) is 0. The van der Waals surface area contributed by atoms with Gasteiger partial charge in [0.25, 0.3) is 0 Å². The summed E-state index contributed by atoms with van der Waals surface area (Å²) in [6, 6.07) is 42.9. The van der Waals surface area contributed by atoms with Crippen LogP contribution in [0.3, 0.4) is 0 Å². The van der Waals surface area contributed by atoms with Crippen LogP contribution in [0.5, 0.6) is 0 Å². The molecule has 2 aliphatic carbocycles. The second-order valence-electron chi connectivity index (χ2n) is 11.3. The van der Waals surface area contributed by atoms with E-state index in [1.54, 1.807) is 0 Å². The predicted octanol–water partition coefficient (Wildman–Crippen LogP) is 9.89. The topological polar surface area (TPSA) is 4.93 Å². The van der Waals surface area contributed by atoms with Crippen molar-refractivity contribution in [2.24, 2.45) is 0 Å². The molecule has 0 bridgehead atoms. The third-order valence-electron chi connectivity index (χ3n) is 9.15. The van der Waals surface area contributed by atoms with Crippen molar-refractivity contribution in [3.05, 3.63) is 126 Å². The standard InChI is InChI=1S/C37H25N/c1-37(2)29-16-7-5-12-26(29)35-30(37)19-21-33-36(35)28-13-6-8-17-31(28)38(33)32-20-18-25-23-11-4-3-10-22(23)24-14-9-15-27(32)34(24)25/h3-21H,1-2H3. The molecular weight excluding hydrogens is 458 g/mol. The molecule has 0 saturated carbocycles. The molecule has 1 nitrogen and oxygen atoms in total. The first kappa shape index (κ1) is 20.4. The molecular formula is C37H25N. The van der Waals surface area contributed by atoms with Crippen molar-refractivity contribution >= 4 is 32.6 Å². The summed E-state index contributed by atoms with van der Waals surface area (Å²) in [5, 5.41) is 5.35. The number of hydrogen-bond acceptors (Lipinski definition) is 0. The summed E-state index contributed by atoms with van der Waals surface area (Å²) in [7, 11) is 0. The summed E-state index contributed by atoms with van der Waals surface area (Å²) >= 11 is 0. The summed E-state index contributed by atoms with van der Waals surface area (Å²) in [6.45, 7) is 4.73. The Morgan fingerprint density at radius 3 is 1.95 bits per heavy atom. The van der Waals surface area contributed by atoms with Crippen LogP contribution >= 0.6 is 0 Å². The zero-order valence-electron chi connectivity index (χ0n) is 21.4. The number of benzene rings is 6. The van der Waals surface area contributed by atoms with Crippen molar-refractivity contribution < 1.29 is 0 Å². The first-order valence-electron chi connectivity index (χ1n) is 13.5. The van der Waals surface area contributed by atoms with E-state index in [9.17, 15) is 0 Å². The molecule has 38 heavy (non-hydrogen) atoms. The average Bonchev–Trinajstić information content (AvgIpc) is 3.55. The molecule has 0 unspecified atom stereocenters. The third-order valence-corrected chi connectivity index (χ3v) is 9.15. The first-order chi connectivity index (χ1) is 18.6. The minimum Gasteiger partial charge on any atom is -0.309 e. The molecule has 9 rings (SSSR count). The smallest absolute Gasteiger partial charge is 0.0547 e. The van der Waals surface area contributed by atoms with Gasteiger partial charge in [-0.3, -0.25) is 0 Å². The highest BCUT2D eigenvalue weighted by Gasteiger charge is 2.37. The lowest BCUT2D eigenvalue weighted by atomic mass is 9.82. The second kappa shape index (κ2) is 6.82. The van der Waals surface area contributed by atoms with Crippen molar-refractivity contribution in [1.82, 2.24) is 4.57 Å². The van der Waals surface area contributed by atoms with E-state index in [4.69, 9.17) is 0 Å². The molecule has 1 aromatic heterocycles. The van der Waals surface area contributed by atoms with E-state index in [1.807, 2.05) is 0 Å². The molecule has 0 aliphatic heterocycles. The monoisotopic (exact) mass is 483 g/mol. The van der Waals surface area contributed by atoms with Gasteiger partial charge in [-0.15, -0.1) is 0 Å². The van der Waals surface area contributed by atoms with Gasteiger partial charge in [0.05, 0.1) is 16.7 Å². The van der Waals surface area contributed by atoms with E-state index in [-0.39, 0.29) is 5.41 Å². The first-order valence-corrected chi connectivity index (χ1v) is 13.5. The molecule has 0 radical (unpaired) electrons. The highest BCUT2D eigenvalue weighted by atomic mass is 15.0. The average molecular weight is 484 g/mol. The fourth-order valence-corrected chi connectivity index (χ4v) is 7.50. The summed E-state index contributed by atoms with van der Waals surface area (Å²) in [4.78, 5) is 0. The molecule has 0 saturated heterocycles. The fraction of sp³-hybridized carbons (Fsp3) is 0.0811. The van der Waals surface area contributed by atoms with Gasteiger partial charge < -0.3 is 4.57 Å². The Morgan fingerprint density at radius 1 is 0.447 bits per heavy atom. The maximum absolute atomic E-state index is 2.50. The van der Waals surface area contributed by atoms with Crippen LogP contribution < -0.4 is 0 Å². The molecule has 6 aromatic carbocycles. The largest absolute Gasteiger partial charge is 0.309 e. The van der Waals surface area contributed by atoms with Gasteiger partial charge in [0.2, 0.25) is 0 Å². The van der Waals surface area contributed by atoms with Gasteiger partial charge >= 0.3 is 0 Å². The van der Waals surface area contributed by atoms with Gasteiger partial charge in [-0.25, -0.2) is 0 Å². The van der Waals surface area contributed by atoms with Crippen molar-refractivity contribution in [2.45, 2.75) is 19.3 Å². The van der Waals surface area contributed by atoms with Crippen LogP contribution in [0, 0.1) is 0 Å². The van der Waals surface area contributed by atoms with E-state index in [1.165, 1.54) is 82.8 Å². The van der Waals surface area contributed by atoms with Crippen LogP contribution in [-0.4, -0.2) is 4.57 Å². The quantitative estimate of drug-likeness (QED) is 0.219. The molecule has 0 amide bonds. The van der Waals surface area contributed by atoms with Gasteiger partial charge in [0.1, 0.15) is 0 Å². The maximum atomic E-state index is 2.50. The molecule has 0 fully saturated rings. The Kier molecular flexibility index (Phi) is 3.67. The van der Waals surface area contributed by atoms with Crippen LogP contribution in [0.25, 0.3) is 71.6 Å². The number of hydrogen-bond donors (Lipinski definition) is 0. The molecule has 7 aromatic rings. The summed E-state index contributed by atoms with van der Waals surface area (Å²) in [5.41, 5.74) is 14.7. The van der Waals surface area contributed by atoms with Crippen LogP contribution in [0.4, 0.5) is 0 Å². The third kappa shape index (κ3) is 2.29. The Hall–Kier alpha value is -4.62. The molecule has 1 heterocycles.